The van der Waals surface area contributed by atoms with E-state index in [1.54, 1.807) is 12.1 Å². The van der Waals surface area contributed by atoms with Crippen molar-refractivity contribution in [3.05, 3.63) is 65.5 Å². The second kappa shape index (κ2) is 7.35. The fourth-order valence-electron chi connectivity index (χ4n) is 3.11. The van der Waals surface area contributed by atoms with Gasteiger partial charge in [-0.05, 0) is 30.0 Å². The summed E-state index contributed by atoms with van der Waals surface area (Å²) in [5.74, 6) is -0.411. The summed E-state index contributed by atoms with van der Waals surface area (Å²) < 4.78 is 2.04. The van der Waals surface area contributed by atoms with Crippen molar-refractivity contribution in [1.82, 2.24) is 14.9 Å². The highest BCUT2D eigenvalue weighted by molar-refractivity contribution is 6.42. The molecule has 27 heavy (non-hydrogen) atoms. The highest BCUT2D eigenvalue weighted by Gasteiger charge is 2.19. The van der Waals surface area contributed by atoms with E-state index >= 15 is 0 Å². The van der Waals surface area contributed by atoms with E-state index in [0.29, 0.717) is 5.56 Å². The van der Waals surface area contributed by atoms with Gasteiger partial charge in [-0.25, -0.2) is 4.98 Å². The molecule has 0 aliphatic rings. The van der Waals surface area contributed by atoms with E-state index in [2.05, 4.69) is 31.1 Å². The topological polar surface area (TPSA) is 64.0 Å². The number of para-hydroxylation sites is 2. The van der Waals surface area contributed by atoms with Gasteiger partial charge in [0, 0.05) is 12.1 Å². The third kappa shape index (κ3) is 3.92. The van der Waals surface area contributed by atoms with Crippen LogP contribution in [0.1, 0.15) is 49.4 Å². The van der Waals surface area contributed by atoms with Crippen molar-refractivity contribution in [1.29, 1.82) is 0 Å². The minimum absolute atomic E-state index is 0.00305. The van der Waals surface area contributed by atoms with Crippen molar-refractivity contribution < 1.29 is 9.59 Å². The Morgan fingerprint density at radius 3 is 2.33 bits per heavy atom. The molecule has 0 unspecified atom stereocenters. The maximum atomic E-state index is 12.4. The Hall–Kier alpha value is -2.95. The number of Topliss-reactive ketones (excluding diaryl/α,β-unsaturated/α-hetero) is 1. The quantitative estimate of drug-likeness (QED) is 0.553. The SMILES string of the molecule is CCn1c(CNC(=O)C(=O)c2ccc(C(C)(C)C)cc2)nc2ccccc21. The number of rotatable bonds is 5. The van der Waals surface area contributed by atoms with Crippen LogP contribution in [-0.2, 0) is 23.3 Å². The number of imidazole rings is 1. The normalized spacial score (nSPS) is 11.6. The van der Waals surface area contributed by atoms with Crippen molar-refractivity contribution in [2.45, 2.75) is 46.2 Å². The molecule has 0 bridgehead atoms. The number of ketones is 1. The van der Waals surface area contributed by atoms with Crippen LogP contribution in [0.3, 0.4) is 0 Å². The highest BCUT2D eigenvalue weighted by atomic mass is 16.2. The van der Waals surface area contributed by atoms with Crippen LogP contribution < -0.4 is 5.32 Å². The average molecular weight is 363 g/mol. The first-order chi connectivity index (χ1) is 12.8. The van der Waals surface area contributed by atoms with Crippen LogP contribution in [0.25, 0.3) is 11.0 Å². The largest absolute Gasteiger partial charge is 0.342 e. The molecule has 5 nitrogen and oxygen atoms in total. The summed E-state index contributed by atoms with van der Waals surface area (Å²) >= 11 is 0. The number of carbonyl (C=O) groups is 2. The fraction of sp³-hybridized carbons (Fsp3) is 0.318. The molecule has 0 aliphatic carbocycles. The lowest BCUT2D eigenvalue weighted by atomic mass is 9.86. The second-order valence-electron chi connectivity index (χ2n) is 7.60. The summed E-state index contributed by atoms with van der Waals surface area (Å²) in [7, 11) is 0. The molecule has 0 radical (unpaired) electrons. The van der Waals surface area contributed by atoms with Crippen LogP contribution in [-0.4, -0.2) is 21.2 Å². The van der Waals surface area contributed by atoms with Crippen LogP contribution in [0.4, 0.5) is 0 Å². The van der Waals surface area contributed by atoms with Crippen molar-refractivity contribution in [2.24, 2.45) is 0 Å². The molecule has 3 rings (SSSR count). The Labute approximate surface area is 159 Å². The molecule has 140 valence electrons. The number of amides is 1. The first-order valence-corrected chi connectivity index (χ1v) is 9.18. The van der Waals surface area contributed by atoms with Gasteiger partial charge in [-0.1, -0.05) is 57.2 Å². The molecule has 3 aromatic rings. The summed E-state index contributed by atoms with van der Waals surface area (Å²) in [5, 5.41) is 2.71. The Morgan fingerprint density at radius 2 is 1.70 bits per heavy atom. The van der Waals surface area contributed by atoms with Gasteiger partial charge in [0.1, 0.15) is 5.82 Å². The molecule has 0 aliphatic heterocycles. The van der Waals surface area contributed by atoms with E-state index in [1.807, 2.05) is 47.9 Å². The number of hydrogen-bond acceptors (Lipinski definition) is 3. The van der Waals surface area contributed by atoms with Gasteiger partial charge in [-0.15, -0.1) is 0 Å². The molecule has 1 heterocycles. The lowest BCUT2D eigenvalue weighted by molar-refractivity contribution is -0.117. The molecular formula is C22H25N3O2. The van der Waals surface area contributed by atoms with E-state index in [-0.39, 0.29) is 12.0 Å². The summed E-state index contributed by atoms with van der Waals surface area (Å²) in [6.07, 6.45) is 0. The summed E-state index contributed by atoms with van der Waals surface area (Å²) in [6, 6.07) is 15.1. The zero-order valence-corrected chi connectivity index (χ0v) is 16.2. The lowest BCUT2D eigenvalue weighted by Gasteiger charge is -2.18. The lowest BCUT2D eigenvalue weighted by Crippen LogP contribution is -2.31. The number of carbonyl (C=O) groups excluding carboxylic acids is 2. The van der Waals surface area contributed by atoms with E-state index in [0.717, 1.165) is 29.0 Å². The van der Waals surface area contributed by atoms with Crippen LogP contribution in [0, 0.1) is 0 Å². The minimum Gasteiger partial charge on any atom is -0.342 e. The smallest absolute Gasteiger partial charge is 0.292 e. The van der Waals surface area contributed by atoms with Gasteiger partial charge in [-0.3, -0.25) is 9.59 Å². The zero-order valence-electron chi connectivity index (χ0n) is 16.2. The first-order valence-electron chi connectivity index (χ1n) is 9.18. The maximum Gasteiger partial charge on any atom is 0.292 e. The zero-order chi connectivity index (χ0) is 19.6. The van der Waals surface area contributed by atoms with Gasteiger partial charge in [0.25, 0.3) is 5.91 Å². The van der Waals surface area contributed by atoms with Crippen molar-refractivity contribution in [3.63, 3.8) is 0 Å². The molecule has 1 amide bonds. The highest BCUT2D eigenvalue weighted by Crippen LogP contribution is 2.22. The minimum atomic E-state index is -0.617. The average Bonchev–Trinajstić information content (AvgIpc) is 3.02. The number of fused-ring (bicyclic) bond motifs is 1. The van der Waals surface area contributed by atoms with Crippen molar-refractivity contribution >= 4 is 22.7 Å². The Morgan fingerprint density at radius 1 is 1.04 bits per heavy atom. The van der Waals surface area contributed by atoms with Crippen molar-refractivity contribution in [2.75, 3.05) is 0 Å². The van der Waals surface area contributed by atoms with E-state index in [1.165, 1.54) is 0 Å². The van der Waals surface area contributed by atoms with Gasteiger partial charge in [0.2, 0.25) is 5.78 Å². The molecular weight excluding hydrogens is 338 g/mol. The standard InChI is InChI=1S/C22H25N3O2/c1-5-25-18-9-7-6-8-17(18)24-19(25)14-23-21(27)20(26)15-10-12-16(13-11-15)22(2,3)4/h6-13H,5,14H2,1-4H3,(H,23,27). The Bertz CT molecular complexity index is 979. The molecule has 0 fully saturated rings. The second-order valence-corrected chi connectivity index (χ2v) is 7.60. The number of hydrogen-bond donors (Lipinski definition) is 1. The number of benzene rings is 2. The van der Waals surface area contributed by atoms with Gasteiger partial charge in [0.15, 0.2) is 0 Å². The molecule has 1 N–H and O–H groups in total. The molecule has 0 spiro atoms. The molecule has 0 saturated heterocycles. The van der Waals surface area contributed by atoms with Crippen LogP contribution in [0.15, 0.2) is 48.5 Å². The van der Waals surface area contributed by atoms with Crippen LogP contribution >= 0.6 is 0 Å². The van der Waals surface area contributed by atoms with E-state index in [4.69, 9.17) is 0 Å². The molecule has 5 heteroatoms. The number of nitrogens with zero attached hydrogens (tertiary/aromatic N) is 2. The third-order valence-electron chi connectivity index (χ3n) is 4.68. The molecule has 0 atom stereocenters. The predicted octanol–water partition coefficient (Wildman–Crippen LogP) is 3.85. The summed E-state index contributed by atoms with van der Waals surface area (Å²) in [6.45, 7) is 9.31. The van der Waals surface area contributed by atoms with Gasteiger partial charge < -0.3 is 9.88 Å². The third-order valence-corrected chi connectivity index (χ3v) is 4.68. The van der Waals surface area contributed by atoms with Crippen molar-refractivity contribution in [3.8, 4) is 0 Å². The maximum absolute atomic E-state index is 12.4. The predicted molar refractivity (Wildman–Crippen MR) is 107 cm³/mol. The van der Waals surface area contributed by atoms with E-state index < -0.39 is 11.7 Å². The number of aromatic nitrogens is 2. The fourth-order valence-corrected chi connectivity index (χ4v) is 3.11. The van der Waals surface area contributed by atoms with Gasteiger partial charge in [-0.2, -0.15) is 0 Å². The number of nitrogens with one attached hydrogen (secondary N) is 1. The number of aryl methyl sites for hydroxylation is 1. The molecule has 1 aromatic heterocycles. The Kier molecular flexibility index (Phi) is 5.13. The molecule has 2 aromatic carbocycles. The summed E-state index contributed by atoms with van der Waals surface area (Å²) in [5.41, 5.74) is 3.42. The van der Waals surface area contributed by atoms with Crippen LogP contribution in [0.5, 0.6) is 0 Å². The van der Waals surface area contributed by atoms with E-state index in [9.17, 15) is 9.59 Å². The van der Waals surface area contributed by atoms with Gasteiger partial charge in [0.05, 0.1) is 17.6 Å². The first kappa shape index (κ1) is 18.8. The monoisotopic (exact) mass is 363 g/mol. The molecule has 0 saturated carbocycles. The summed E-state index contributed by atoms with van der Waals surface area (Å²) in [4.78, 5) is 29.3. The van der Waals surface area contributed by atoms with Gasteiger partial charge >= 0.3 is 0 Å². The Balaban J connectivity index is 1.71. The van der Waals surface area contributed by atoms with Crippen LogP contribution in [0.2, 0.25) is 0 Å².